The third-order valence-electron chi connectivity index (χ3n) is 3.70. The van der Waals surface area contributed by atoms with E-state index in [1.54, 1.807) is 15.5 Å². The molecule has 0 nitrogen and oxygen atoms in total. The molecule has 0 saturated heterocycles. The van der Waals surface area contributed by atoms with Crippen LogP contribution in [0.2, 0.25) is 0 Å². The van der Waals surface area contributed by atoms with Gasteiger partial charge in [-0.2, -0.15) is 0 Å². The molecule has 2 radical (unpaired) electrons. The van der Waals surface area contributed by atoms with E-state index in [2.05, 4.69) is 88.4 Å². The standard InChI is InChI=1S/C18H29AsGe/c1-16(2,3)12-10-13(17(4,5)6)15(19-20)14(11-12)18(7,8)9/h10-11H,1-9H3. The van der Waals surface area contributed by atoms with Crippen LogP contribution < -0.4 is 4.35 Å². The maximum atomic E-state index is 2.48. The number of hydrogen-bond acceptors (Lipinski definition) is 0. The SMILES string of the molecule is CC(C)(C)c1cc(C(C)(C)C)c([As]=[Ge])c(C(C)(C)C)c1. The second-order valence-electron chi connectivity index (χ2n) is 8.78. The molecular weight excluding hydrogens is 364 g/mol. The summed E-state index contributed by atoms with van der Waals surface area (Å²) >= 11 is 2.62. The van der Waals surface area contributed by atoms with Crippen LogP contribution in [0.3, 0.4) is 0 Å². The monoisotopic (exact) mass is 394 g/mol. The first-order chi connectivity index (χ1) is 8.78. The van der Waals surface area contributed by atoms with Crippen LogP contribution >= 0.6 is 0 Å². The zero-order chi connectivity index (χ0) is 15.9. The van der Waals surface area contributed by atoms with Crippen LogP contribution in [-0.4, -0.2) is 27.1 Å². The molecule has 1 aromatic rings. The van der Waals surface area contributed by atoms with E-state index in [-0.39, 0.29) is 29.5 Å². The van der Waals surface area contributed by atoms with Gasteiger partial charge in [-0.3, -0.25) is 0 Å². The van der Waals surface area contributed by atoms with E-state index in [1.165, 1.54) is 5.56 Å². The van der Waals surface area contributed by atoms with E-state index < -0.39 is 0 Å². The zero-order valence-corrected chi connectivity index (χ0v) is 18.6. The minimum atomic E-state index is 0.211. The number of benzene rings is 1. The van der Waals surface area contributed by atoms with Crippen LogP contribution in [0, 0.1) is 0 Å². The normalized spacial score (nSPS) is 13.8. The van der Waals surface area contributed by atoms with E-state index >= 15 is 0 Å². The van der Waals surface area contributed by atoms with Crippen LogP contribution in [-0.2, 0) is 16.2 Å². The van der Waals surface area contributed by atoms with Crippen molar-refractivity contribution < 1.29 is 0 Å². The topological polar surface area (TPSA) is 0 Å². The Labute approximate surface area is 138 Å². The van der Waals surface area contributed by atoms with Gasteiger partial charge in [0, 0.05) is 0 Å². The summed E-state index contributed by atoms with van der Waals surface area (Å²) in [6.07, 6.45) is 0. The van der Waals surface area contributed by atoms with Crippen LogP contribution in [0.1, 0.15) is 79.0 Å². The predicted molar refractivity (Wildman–Crippen MR) is 93.7 cm³/mol. The molecule has 1 rings (SSSR count). The maximum absolute atomic E-state index is 2.48. The van der Waals surface area contributed by atoms with Crippen molar-refractivity contribution in [3.8, 4) is 0 Å². The van der Waals surface area contributed by atoms with Gasteiger partial charge in [0.15, 0.2) is 0 Å². The summed E-state index contributed by atoms with van der Waals surface area (Å²) in [4.78, 5) is 0. The molecule has 0 unspecified atom stereocenters. The molecule has 0 saturated carbocycles. The van der Waals surface area contributed by atoms with Gasteiger partial charge in [0.1, 0.15) is 0 Å². The molecule has 0 fully saturated rings. The Kier molecular flexibility index (Phi) is 5.37. The molecule has 0 N–H and O–H groups in total. The molecule has 20 heavy (non-hydrogen) atoms. The molecule has 0 heterocycles. The van der Waals surface area contributed by atoms with Crippen LogP contribution in [0.15, 0.2) is 12.1 Å². The van der Waals surface area contributed by atoms with Crippen molar-refractivity contribution >= 4 is 31.5 Å². The summed E-state index contributed by atoms with van der Waals surface area (Å²) in [5.41, 5.74) is 5.27. The molecule has 0 aliphatic carbocycles. The Hall–Kier alpha value is 0.321. The molecule has 0 atom stereocenters. The van der Waals surface area contributed by atoms with Crippen LogP contribution in [0.25, 0.3) is 0 Å². The molecule has 0 amide bonds. The van der Waals surface area contributed by atoms with Gasteiger partial charge in [-0.05, 0) is 0 Å². The van der Waals surface area contributed by atoms with Crippen molar-refractivity contribution in [3.05, 3.63) is 28.8 Å². The first-order valence-corrected chi connectivity index (χ1v) is 14.1. The molecule has 0 bridgehead atoms. The fourth-order valence-corrected chi connectivity index (χ4v) is 7.14. The average Bonchev–Trinajstić information content (AvgIpc) is 2.23. The first kappa shape index (κ1) is 18.4. The summed E-state index contributed by atoms with van der Waals surface area (Å²) in [6, 6.07) is 4.95. The van der Waals surface area contributed by atoms with Crippen molar-refractivity contribution in [1.29, 1.82) is 0 Å². The van der Waals surface area contributed by atoms with Crippen molar-refractivity contribution in [2.75, 3.05) is 0 Å². The van der Waals surface area contributed by atoms with Gasteiger partial charge in [0.05, 0.1) is 0 Å². The van der Waals surface area contributed by atoms with Crippen LogP contribution in [0.5, 0.6) is 0 Å². The second kappa shape index (κ2) is 5.84. The average molecular weight is 393 g/mol. The molecule has 1 aromatic carbocycles. The van der Waals surface area contributed by atoms with Crippen LogP contribution in [0.4, 0.5) is 0 Å². The van der Waals surface area contributed by atoms with Crippen molar-refractivity contribution in [1.82, 2.24) is 0 Å². The van der Waals surface area contributed by atoms with Gasteiger partial charge in [0.25, 0.3) is 0 Å². The zero-order valence-electron chi connectivity index (χ0n) is 14.6. The van der Waals surface area contributed by atoms with Gasteiger partial charge < -0.3 is 0 Å². The third-order valence-corrected chi connectivity index (χ3v) is 7.62. The van der Waals surface area contributed by atoms with Gasteiger partial charge in [0.2, 0.25) is 0 Å². The Balaban J connectivity index is 3.80. The molecule has 110 valence electrons. The van der Waals surface area contributed by atoms with Gasteiger partial charge in [-0.1, -0.05) is 0 Å². The Bertz CT molecular complexity index is 473. The fourth-order valence-electron chi connectivity index (χ4n) is 2.33. The molecule has 0 aliphatic heterocycles. The number of rotatable bonds is 1. The van der Waals surface area contributed by atoms with E-state index in [4.69, 9.17) is 0 Å². The summed E-state index contributed by atoms with van der Waals surface area (Å²) in [5, 5.41) is 0. The first-order valence-electron chi connectivity index (χ1n) is 7.35. The molecule has 0 aromatic heterocycles. The second-order valence-corrected chi connectivity index (χ2v) is 12.6. The quantitative estimate of drug-likeness (QED) is 0.634. The van der Waals surface area contributed by atoms with E-state index in [0.29, 0.717) is 0 Å². The Morgan fingerprint density at radius 3 is 1.25 bits per heavy atom. The predicted octanol–water partition coefficient (Wildman–Crippen LogP) is 3.99. The number of hydrogen-bond donors (Lipinski definition) is 0. The Morgan fingerprint density at radius 1 is 0.700 bits per heavy atom. The summed E-state index contributed by atoms with van der Waals surface area (Å²) in [5.74, 6) is 0. The van der Waals surface area contributed by atoms with E-state index in [9.17, 15) is 0 Å². The van der Waals surface area contributed by atoms with Gasteiger partial charge >= 0.3 is 139 Å². The summed E-state index contributed by atoms with van der Waals surface area (Å²) < 4.78 is 1.65. The fraction of sp³-hybridized carbons (Fsp3) is 0.667. The van der Waals surface area contributed by atoms with E-state index in [1.807, 2.05) is 0 Å². The molecular formula is C18H29AsGe. The third kappa shape index (κ3) is 4.17. The molecule has 0 spiro atoms. The van der Waals surface area contributed by atoms with Crippen molar-refractivity contribution in [3.63, 3.8) is 0 Å². The summed E-state index contributed by atoms with van der Waals surface area (Å²) in [7, 11) is 0. The van der Waals surface area contributed by atoms with Crippen molar-refractivity contribution in [2.45, 2.75) is 78.6 Å². The van der Waals surface area contributed by atoms with Gasteiger partial charge in [-0.15, -0.1) is 0 Å². The molecule has 0 aliphatic rings. The minimum absolute atomic E-state index is 0.211. The molecule has 2 heteroatoms. The summed E-state index contributed by atoms with van der Waals surface area (Å²) in [6.45, 7) is 21.1. The Morgan fingerprint density at radius 2 is 1.05 bits per heavy atom. The van der Waals surface area contributed by atoms with Gasteiger partial charge in [-0.25, -0.2) is 0 Å². The van der Waals surface area contributed by atoms with Crippen molar-refractivity contribution in [2.24, 2.45) is 0 Å². The van der Waals surface area contributed by atoms with E-state index in [0.717, 1.165) is 0 Å².